The monoisotopic (exact) mass is 210 g/mol. The van der Waals surface area contributed by atoms with E-state index in [2.05, 4.69) is 4.84 Å². The van der Waals surface area contributed by atoms with E-state index in [9.17, 15) is 4.79 Å². The van der Waals surface area contributed by atoms with Crippen molar-refractivity contribution in [3.8, 4) is 5.75 Å². The van der Waals surface area contributed by atoms with Crippen molar-refractivity contribution in [2.24, 2.45) is 5.84 Å². The first-order valence-corrected chi connectivity index (χ1v) is 4.57. The first-order valence-electron chi connectivity index (χ1n) is 4.57. The smallest absolute Gasteiger partial charge is 0.329 e. The van der Waals surface area contributed by atoms with E-state index in [0.717, 1.165) is 11.3 Å². The van der Waals surface area contributed by atoms with Crippen LogP contribution in [0.4, 0.5) is 0 Å². The molecule has 0 aliphatic rings. The van der Waals surface area contributed by atoms with E-state index < -0.39 is 5.97 Å². The lowest BCUT2D eigenvalue weighted by Crippen LogP contribution is -2.26. The van der Waals surface area contributed by atoms with Gasteiger partial charge in [0.15, 0.2) is 0 Å². The number of carbonyl (C=O) groups excluding carboxylic acids is 1. The van der Waals surface area contributed by atoms with Gasteiger partial charge >= 0.3 is 5.97 Å². The summed E-state index contributed by atoms with van der Waals surface area (Å²) in [6.07, 6.45) is 0.151. The van der Waals surface area contributed by atoms with Gasteiger partial charge < -0.3 is 9.57 Å². The topological polar surface area (TPSA) is 73.6 Å². The number of aryl methyl sites for hydroxylation is 1. The molecule has 3 N–H and O–H groups in total. The number of benzene rings is 1. The Bertz CT molecular complexity index is 328. The summed E-state index contributed by atoms with van der Waals surface area (Å²) in [6.45, 7) is 2.24. The summed E-state index contributed by atoms with van der Waals surface area (Å²) in [5.41, 5.74) is 2.93. The van der Waals surface area contributed by atoms with E-state index in [1.165, 1.54) is 0 Å². The molecule has 0 radical (unpaired) electrons. The van der Waals surface area contributed by atoms with E-state index in [0.29, 0.717) is 0 Å². The molecule has 5 nitrogen and oxygen atoms in total. The van der Waals surface area contributed by atoms with Crippen LogP contribution in [0.5, 0.6) is 5.75 Å². The Hall–Kier alpha value is -1.59. The van der Waals surface area contributed by atoms with Gasteiger partial charge in [0.1, 0.15) is 5.75 Å². The fourth-order valence-electron chi connectivity index (χ4n) is 1.07. The van der Waals surface area contributed by atoms with Crippen LogP contribution in [0.15, 0.2) is 24.3 Å². The lowest BCUT2D eigenvalue weighted by molar-refractivity contribution is -0.151. The van der Waals surface area contributed by atoms with Crippen molar-refractivity contribution >= 4 is 5.97 Å². The molecule has 0 bridgehead atoms. The van der Waals surface area contributed by atoms with E-state index in [4.69, 9.17) is 10.6 Å². The van der Waals surface area contributed by atoms with Crippen LogP contribution >= 0.6 is 0 Å². The number of nitrogens with one attached hydrogen (secondary N) is 1. The molecule has 0 aliphatic carbocycles. The number of hydrogen-bond donors (Lipinski definition) is 2. The molecule has 1 rings (SSSR count). The van der Waals surface area contributed by atoms with Crippen LogP contribution in [0.1, 0.15) is 12.0 Å². The summed E-state index contributed by atoms with van der Waals surface area (Å²) in [7, 11) is 0. The predicted molar refractivity (Wildman–Crippen MR) is 54.7 cm³/mol. The second-order valence-electron chi connectivity index (χ2n) is 3.01. The van der Waals surface area contributed by atoms with Crippen molar-refractivity contribution in [2.75, 3.05) is 6.61 Å². The van der Waals surface area contributed by atoms with Gasteiger partial charge in [-0.15, -0.1) is 0 Å². The first kappa shape index (κ1) is 11.5. The molecular formula is C10H14N2O3. The minimum atomic E-state index is -0.454. The molecule has 0 saturated carbocycles. The fraction of sp³-hybridized carbons (Fsp3) is 0.300. The van der Waals surface area contributed by atoms with Gasteiger partial charge in [0.2, 0.25) is 0 Å². The second-order valence-corrected chi connectivity index (χ2v) is 3.01. The summed E-state index contributed by atoms with van der Waals surface area (Å²) in [6, 6.07) is 7.59. The largest absolute Gasteiger partial charge is 0.493 e. The quantitative estimate of drug-likeness (QED) is 0.552. The van der Waals surface area contributed by atoms with Crippen LogP contribution in [-0.4, -0.2) is 12.6 Å². The van der Waals surface area contributed by atoms with Crippen LogP contribution in [-0.2, 0) is 9.63 Å². The zero-order chi connectivity index (χ0) is 11.1. The van der Waals surface area contributed by atoms with E-state index >= 15 is 0 Å². The maximum atomic E-state index is 10.9. The number of ether oxygens (including phenoxy) is 1. The summed E-state index contributed by atoms with van der Waals surface area (Å²) in [4.78, 5) is 15.2. The second kappa shape index (κ2) is 6.00. The highest BCUT2D eigenvalue weighted by atomic mass is 16.7. The summed E-state index contributed by atoms with van der Waals surface area (Å²) >= 11 is 0. The lowest BCUT2D eigenvalue weighted by atomic mass is 10.2. The molecule has 0 aromatic heterocycles. The van der Waals surface area contributed by atoms with Gasteiger partial charge in [0.05, 0.1) is 13.0 Å². The molecule has 15 heavy (non-hydrogen) atoms. The van der Waals surface area contributed by atoms with Crippen molar-refractivity contribution in [3.63, 3.8) is 0 Å². The van der Waals surface area contributed by atoms with E-state index in [1.54, 1.807) is 0 Å². The van der Waals surface area contributed by atoms with Crippen LogP contribution in [0.2, 0.25) is 0 Å². The van der Waals surface area contributed by atoms with Crippen molar-refractivity contribution in [1.29, 1.82) is 0 Å². The predicted octanol–water partition coefficient (Wildman–Crippen LogP) is 0.685. The zero-order valence-corrected chi connectivity index (χ0v) is 8.53. The lowest BCUT2D eigenvalue weighted by Gasteiger charge is -2.05. The third kappa shape index (κ3) is 4.44. The minimum absolute atomic E-state index is 0.151. The van der Waals surface area contributed by atoms with Gasteiger partial charge in [-0.3, -0.25) is 4.79 Å². The highest BCUT2D eigenvalue weighted by Gasteiger charge is 2.02. The zero-order valence-electron chi connectivity index (χ0n) is 8.53. The maximum absolute atomic E-state index is 10.9. The average molecular weight is 210 g/mol. The Kier molecular flexibility index (Phi) is 4.59. The molecule has 0 heterocycles. The standard InChI is InChI=1S/C10H14N2O3/c1-8-3-2-4-9(7-8)14-6-5-10(13)15-12-11/h2-4,7,12H,5-6,11H2,1H3. The molecule has 0 amide bonds. The van der Waals surface area contributed by atoms with E-state index in [1.807, 2.05) is 36.8 Å². The van der Waals surface area contributed by atoms with Gasteiger partial charge in [-0.2, -0.15) is 0 Å². The Morgan fingerprint density at radius 3 is 3.00 bits per heavy atom. The van der Waals surface area contributed by atoms with Crippen molar-refractivity contribution < 1.29 is 14.4 Å². The third-order valence-corrected chi connectivity index (χ3v) is 1.74. The number of hydrogen-bond acceptors (Lipinski definition) is 5. The molecule has 1 aromatic rings. The van der Waals surface area contributed by atoms with E-state index in [-0.39, 0.29) is 13.0 Å². The average Bonchev–Trinajstić information content (AvgIpc) is 2.18. The molecule has 0 spiro atoms. The van der Waals surface area contributed by atoms with Crippen LogP contribution < -0.4 is 16.2 Å². The number of carbonyl (C=O) groups is 1. The van der Waals surface area contributed by atoms with Crippen LogP contribution in [0.3, 0.4) is 0 Å². The molecular weight excluding hydrogens is 196 g/mol. The Balaban J connectivity index is 2.28. The van der Waals surface area contributed by atoms with Crippen molar-refractivity contribution in [1.82, 2.24) is 5.59 Å². The normalized spacial score (nSPS) is 9.73. The SMILES string of the molecule is Cc1cccc(OCCC(=O)ONN)c1. The number of rotatable bonds is 5. The van der Waals surface area contributed by atoms with Gasteiger partial charge in [0, 0.05) is 0 Å². The number of hydrazine groups is 1. The molecule has 0 unspecified atom stereocenters. The van der Waals surface area contributed by atoms with Crippen molar-refractivity contribution in [3.05, 3.63) is 29.8 Å². The van der Waals surface area contributed by atoms with Crippen molar-refractivity contribution in [2.45, 2.75) is 13.3 Å². The first-order chi connectivity index (χ1) is 7.22. The highest BCUT2D eigenvalue weighted by molar-refractivity contribution is 5.69. The molecule has 0 saturated heterocycles. The highest BCUT2D eigenvalue weighted by Crippen LogP contribution is 2.12. The third-order valence-electron chi connectivity index (χ3n) is 1.74. The molecule has 5 heteroatoms. The Morgan fingerprint density at radius 1 is 1.53 bits per heavy atom. The molecule has 0 aliphatic heterocycles. The van der Waals surface area contributed by atoms with Gasteiger partial charge in [-0.1, -0.05) is 17.7 Å². The molecule has 0 fully saturated rings. The number of nitrogens with two attached hydrogens (primary N) is 1. The Morgan fingerprint density at radius 2 is 2.33 bits per heavy atom. The Labute approximate surface area is 88.1 Å². The van der Waals surface area contributed by atoms with Crippen LogP contribution in [0, 0.1) is 6.92 Å². The fourth-order valence-corrected chi connectivity index (χ4v) is 1.07. The maximum Gasteiger partial charge on any atom is 0.329 e. The molecule has 1 aromatic carbocycles. The van der Waals surface area contributed by atoms with Gasteiger partial charge in [0.25, 0.3) is 0 Å². The van der Waals surface area contributed by atoms with Gasteiger partial charge in [-0.05, 0) is 24.6 Å². The molecule has 82 valence electrons. The minimum Gasteiger partial charge on any atom is -0.493 e. The summed E-state index contributed by atoms with van der Waals surface area (Å²) in [5.74, 6) is 5.08. The summed E-state index contributed by atoms with van der Waals surface area (Å²) in [5, 5.41) is 0. The molecule has 0 atom stereocenters. The van der Waals surface area contributed by atoms with Gasteiger partial charge in [-0.25, -0.2) is 5.84 Å². The van der Waals surface area contributed by atoms with Crippen LogP contribution in [0.25, 0.3) is 0 Å². The summed E-state index contributed by atoms with van der Waals surface area (Å²) < 4.78 is 5.33.